The van der Waals surface area contributed by atoms with E-state index in [2.05, 4.69) is 10.1 Å². The molecule has 9 nitrogen and oxygen atoms in total. The van der Waals surface area contributed by atoms with E-state index in [9.17, 15) is 24.8 Å². The summed E-state index contributed by atoms with van der Waals surface area (Å²) in [7, 11) is 1.09. The van der Waals surface area contributed by atoms with Crippen LogP contribution in [0, 0.1) is 10.1 Å². The quantitative estimate of drug-likeness (QED) is 0.474. The largest absolute Gasteiger partial charge is 0.467 e. The van der Waals surface area contributed by atoms with Gasteiger partial charge in [-0.15, -0.1) is 0 Å². The van der Waals surface area contributed by atoms with Gasteiger partial charge in [0.05, 0.1) is 18.1 Å². The SMILES string of the molecule is COC(=O)[C@@H](O)[C@@H](NC(=O)OC(C)(C)C)c1ccc([N+](=O)[O-])cc1. The first-order chi connectivity index (χ1) is 11.0. The normalized spacial score (nSPS) is 13.5. The first kappa shape index (κ1) is 19.4. The van der Waals surface area contributed by atoms with Gasteiger partial charge < -0.3 is 19.9 Å². The minimum Gasteiger partial charge on any atom is -0.467 e. The Labute approximate surface area is 138 Å². The molecule has 2 atom stereocenters. The van der Waals surface area contributed by atoms with Gasteiger partial charge in [-0.2, -0.15) is 0 Å². The summed E-state index contributed by atoms with van der Waals surface area (Å²) in [6.45, 7) is 4.97. The van der Waals surface area contributed by atoms with Crippen LogP contribution in [0.25, 0.3) is 0 Å². The van der Waals surface area contributed by atoms with Gasteiger partial charge in [0.2, 0.25) is 0 Å². The molecule has 1 rings (SSSR count). The van der Waals surface area contributed by atoms with Crippen molar-refractivity contribution >= 4 is 17.7 Å². The number of nitro benzene ring substituents is 1. The lowest BCUT2D eigenvalue weighted by molar-refractivity contribution is -0.384. The molecule has 132 valence electrons. The molecule has 2 N–H and O–H groups in total. The maximum absolute atomic E-state index is 11.9. The number of rotatable bonds is 5. The van der Waals surface area contributed by atoms with Gasteiger partial charge in [-0.25, -0.2) is 9.59 Å². The van der Waals surface area contributed by atoms with Crippen molar-refractivity contribution in [2.24, 2.45) is 0 Å². The number of nitrogens with one attached hydrogen (secondary N) is 1. The molecule has 1 aromatic carbocycles. The molecule has 24 heavy (non-hydrogen) atoms. The van der Waals surface area contributed by atoms with Crippen LogP contribution in [0.4, 0.5) is 10.5 Å². The van der Waals surface area contributed by atoms with Gasteiger partial charge in [-0.05, 0) is 26.3 Å². The number of esters is 1. The Morgan fingerprint density at radius 1 is 1.25 bits per heavy atom. The average molecular weight is 340 g/mol. The van der Waals surface area contributed by atoms with Gasteiger partial charge >= 0.3 is 12.1 Å². The summed E-state index contributed by atoms with van der Waals surface area (Å²) in [6.07, 6.45) is -2.56. The monoisotopic (exact) mass is 340 g/mol. The zero-order valence-corrected chi connectivity index (χ0v) is 13.8. The number of aliphatic hydroxyl groups is 1. The highest BCUT2D eigenvalue weighted by Gasteiger charge is 2.31. The Hall–Kier alpha value is -2.68. The maximum Gasteiger partial charge on any atom is 0.408 e. The zero-order valence-electron chi connectivity index (χ0n) is 13.8. The van der Waals surface area contributed by atoms with Crippen LogP contribution in [0.5, 0.6) is 0 Å². The third-order valence-corrected chi connectivity index (χ3v) is 2.89. The van der Waals surface area contributed by atoms with Crippen LogP contribution in [0.15, 0.2) is 24.3 Å². The van der Waals surface area contributed by atoms with Crippen LogP contribution in [0.3, 0.4) is 0 Å². The number of nitro groups is 1. The lowest BCUT2D eigenvalue weighted by Crippen LogP contribution is -2.43. The molecule has 0 unspecified atom stereocenters. The number of carbonyl (C=O) groups is 2. The minimum absolute atomic E-state index is 0.165. The smallest absolute Gasteiger partial charge is 0.408 e. The molecule has 0 spiro atoms. The third-order valence-electron chi connectivity index (χ3n) is 2.89. The minimum atomic E-state index is -1.70. The van der Waals surface area contributed by atoms with Crippen LogP contribution in [0.2, 0.25) is 0 Å². The average Bonchev–Trinajstić information content (AvgIpc) is 2.49. The van der Waals surface area contributed by atoms with E-state index in [0.29, 0.717) is 0 Å². The molecular formula is C15H20N2O7. The van der Waals surface area contributed by atoms with Crippen molar-refractivity contribution < 1.29 is 29.1 Å². The summed E-state index contributed by atoms with van der Waals surface area (Å²) in [5.41, 5.74) is -0.660. The Kier molecular flexibility index (Phi) is 6.24. The summed E-state index contributed by atoms with van der Waals surface area (Å²) in [5.74, 6) is -0.964. The van der Waals surface area contributed by atoms with E-state index in [0.717, 1.165) is 7.11 Å². The number of benzene rings is 1. The number of nitrogens with zero attached hydrogens (tertiary/aromatic N) is 1. The molecule has 0 aliphatic heterocycles. The molecule has 0 heterocycles. The molecule has 0 fully saturated rings. The van der Waals surface area contributed by atoms with Gasteiger partial charge in [-0.3, -0.25) is 10.1 Å². The first-order valence-corrected chi connectivity index (χ1v) is 7.05. The van der Waals surface area contributed by atoms with Crippen LogP contribution in [-0.4, -0.2) is 40.9 Å². The van der Waals surface area contributed by atoms with E-state index in [1.54, 1.807) is 20.8 Å². The van der Waals surface area contributed by atoms with Gasteiger partial charge in [0.1, 0.15) is 5.60 Å². The van der Waals surface area contributed by atoms with Crippen molar-refractivity contribution in [2.75, 3.05) is 7.11 Å². The maximum atomic E-state index is 11.9. The number of carbonyl (C=O) groups excluding carboxylic acids is 2. The van der Waals surface area contributed by atoms with Crippen LogP contribution in [-0.2, 0) is 14.3 Å². The van der Waals surface area contributed by atoms with Gasteiger partial charge in [0.25, 0.3) is 5.69 Å². The van der Waals surface area contributed by atoms with E-state index in [-0.39, 0.29) is 11.3 Å². The fourth-order valence-corrected chi connectivity index (χ4v) is 1.84. The number of hydrogen-bond acceptors (Lipinski definition) is 7. The number of methoxy groups -OCH3 is 1. The van der Waals surface area contributed by atoms with Crippen molar-refractivity contribution in [1.29, 1.82) is 0 Å². The molecule has 1 aromatic rings. The fraction of sp³-hybridized carbons (Fsp3) is 0.467. The molecular weight excluding hydrogens is 320 g/mol. The number of ether oxygens (including phenoxy) is 2. The van der Waals surface area contributed by atoms with Crippen LogP contribution >= 0.6 is 0 Å². The first-order valence-electron chi connectivity index (χ1n) is 7.05. The Balaban J connectivity index is 3.07. The van der Waals surface area contributed by atoms with Crippen molar-refractivity contribution in [3.05, 3.63) is 39.9 Å². The zero-order chi connectivity index (χ0) is 18.5. The Morgan fingerprint density at radius 2 is 1.79 bits per heavy atom. The van der Waals surface area contributed by atoms with Crippen LogP contribution < -0.4 is 5.32 Å². The van der Waals surface area contributed by atoms with E-state index >= 15 is 0 Å². The second-order valence-electron chi connectivity index (χ2n) is 5.94. The predicted octanol–water partition coefficient (Wildman–Crippen LogP) is 1.69. The number of non-ortho nitro benzene ring substituents is 1. The second-order valence-corrected chi connectivity index (χ2v) is 5.94. The summed E-state index contributed by atoms with van der Waals surface area (Å²) in [5, 5.41) is 23.1. The number of aliphatic hydroxyl groups excluding tert-OH is 1. The van der Waals surface area contributed by atoms with E-state index in [1.165, 1.54) is 24.3 Å². The third kappa shape index (κ3) is 5.51. The summed E-state index contributed by atoms with van der Waals surface area (Å²) in [6, 6.07) is 3.86. The molecule has 0 saturated carbocycles. The summed E-state index contributed by atoms with van der Waals surface area (Å²) >= 11 is 0. The number of amides is 1. The van der Waals surface area contributed by atoms with Crippen molar-refractivity contribution in [3.63, 3.8) is 0 Å². The van der Waals surface area contributed by atoms with Crippen molar-refractivity contribution in [1.82, 2.24) is 5.32 Å². The second kappa shape index (κ2) is 7.73. The molecule has 0 saturated heterocycles. The Morgan fingerprint density at radius 3 is 2.21 bits per heavy atom. The molecule has 0 aliphatic carbocycles. The number of alkyl carbamates (subject to hydrolysis) is 1. The predicted molar refractivity (Wildman–Crippen MR) is 83.2 cm³/mol. The molecule has 0 radical (unpaired) electrons. The molecule has 1 amide bonds. The number of hydrogen-bond donors (Lipinski definition) is 2. The topological polar surface area (TPSA) is 128 Å². The molecule has 0 aliphatic rings. The lowest BCUT2D eigenvalue weighted by Gasteiger charge is -2.25. The highest BCUT2D eigenvalue weighted by Crippen LogP contribution is 2.22. The molecule has 0 bridgehead atoms. The van der Waals surface area contributed by atoms with Crippen molar-refractivity contribution in [3.8, 4) is 0 Å². The van der Waals surface area contributed by atoms with Gasteiger partial charge in [0, 0.05) is 12.1 Å². The molecule has 0 aromatic heterocycles. The highest BCUT2D eigenvalue weighted by molar-refractivity contribution is 5.77. The highest BCUT2D eigenvalue weighted by atomic mass is 16.6. The van der Waals surface area contributed by atoms with E-state index in [4.69, 9.17) is 4.74 Å². The Bertz CT molecular complexity index is 607. The van der Waals surface area contributed by atoms with Gasteiger partial charge in [-0.1, -0.05) is 12.1 Å². The van der Waals surface area contributed by atoms with Crippen LogP contribution in [0.1, 0.15) is 32.4 Å². The standard InChI is InChI=1S/C15H20N2O7/c1-15(2,3)24-14(20)16-11(12(18)13(19)23-4)9-5-7-10(8-6-9)17(21)22/h5-8,11-12,18H,1-4H3,(H,16,20)/t11-,12-/m0/s1. The van der Waals surface area contributed by atoms with E-state index in [1.807, 2.05) is 0 Å². The molecule has 9 heteroatoms. The van der Waals surface area contributed by atoms with E-state index < -0.39 is 34.7 Å². The fourth-order valence-electron chi connectivity index (χ4n) is 1.84. The lowest BCUT2D eigenvalue weighted by atomic mass is 10.0. The van der Waals surface area contributed by atoms with Gasteiger partial charge in [0.15, 0.2) is 6.10 Å². The van der Waals surface area contributed by atoms with Crippen molar-refractivity contribution in [2.45, 2.75) is 38.5 Å². The summed E-state index contributed by atoms with van der Waals surface area (Å²) in [4.78, 5) is 33.6. The summed E-state index contributed by atoms with van der Waals surface area (Å²) < 4.78 is 9.56.